The van der Waals surface area contributed by atoms with Gasteiger partial charge in [0.2, 0.25) is 0 Å². The first-order valence-corrected chi connectivity index (χ1v) is 7.67. The predicted molar refractivity (Wildman–Crippen MR) is 67.6 cm³/mol. The Labute approximate surface area is 102 Å². The number of aromatic nitrogens is 2. The number of alkyl halides is 1. The van der Waals surface area contributed by atoms with Gasteiger partial charge in [0.15, 0.2) is 4.34 Å². The van der Waals surface area contributed by atoms with Crippen molar-refractivity contribution in [3.8, 4) is 0 Å². The first-order valence-electron chi connectivity index (χ1n) is 4.75. The molecule has 0 aliphatic rings. The van der Waals surface area contributed by atoms with Gasteiger partial charge in [-0.3, -0.25) is 0 Å². The molecule has 0 saturated heterocycles. The standard InChI is InChI=1S/C9H15BrN2S2/c1-3-4-8(5-10)6-13-9-12-11-7(2)14-9/h8H,3-6H2,1-2H3. The molecule has 1 unspecified atom stereocenters. The van der Waals surface area contributed by atoms with Crippen LogP contribution in [0.5, 0.6) is 0 Å². The quantitative estimate of drug-likeness (QED) is 0.590. The van der Waals surface area contributed by atoms with E-state index in [0.717, 1.165) is 26.3 Å². The lowest BCUT2D eigenvalue weighted by atomic mass is 10.1. The monoisotopic (exact) mass is 294 g/mol. The van der Waals surface area contributed by atoms with Gasteiger partial charge in [0.1, 0.15) is 5.01 Å². The topological polar surface area (TPSA) is 25.8 Å². The summed E-state index contributed by atoms with van der Waals surface area (Å²) in [5, 5.41) is 10.2. The molecule has 1 heterocycles. The fourth-order valence-corrected chi connectivity index (χ4v) is 3.97. The Kier molecular flexibility index (Phi) is 6.05. The second kappa shape index (κ2) is 6.80. The van der Waals surface area contributed by atoms with E-state index >= 15 is 0 Å². The zero-order valence-corrected chi connectivity index (χ0v) is 11.7. The van der Waals surface area contributed by atoms with Crippen LogP contribution >= 0.6 is 39.0 Å². The second-order valence-corrected chi connectivity index (χ2v) is 6.30. The lowest BCUT2D eigenvalue weighted by molar-refractivity contribution is 0.597. The van der Waals surface area contributed by atoms with Crippen LogP contribution in [-0.2, 0) is 0 Å². The van der Waals surface area contributed by atoms with Gasteiger partial charge in [0.25, 0.3) is 0 Å². The SMILES string of the molecule is CCCC(CBr)CSc1nnc(C)s1. The van der Waals surface area contributed by atoms with Crippen molar-refractivity contribution < 1.29 is 0 Å². The Hall–Kier alpha value is 0.390. The minimum atomic E-state index is 0.759. The Morgan fingerprint density at radius 2 is 2.29 bits per heavy atom. The van der Waals surface area contributed by atoms with Crippen molar-refractivity contribution in [1.29, 1.82) is 0 Å². The van der Waals surface area contributed by atoms with Crippen molar-refractivity contribution in [3.63, 3.8) is 0 Å². The minimum Gasteiger partial charge on any atom is -0.143 e. The zero-order chi connectivity index (χ0) is 10.4. The highest BCUT2D eigenvalue weighted by molar-refractivity contribution is 9.09. The van der Waals surface area contributed by atoms with Crippen LogP contribution in [0.4, 0.5) is 0 Å². The van der Waals surface area contributed by atoms with Gasteiger partial charge in [-0.2, -0.15) is 0 Å². The van der Waals surface area contributed by atoms with Crippen molar-refractivity contribution >= 4 is 39.0 Å². The summed E-state index contributed by atoms with van der Waals surface area (Å²) in [6.45, 7) is 4.23. The van der Waals surface area contributed by atoms with Gasteiger partial charge in [0, 0.05) is 11.1 Å². The molecular weight excluding hydrogens is 280 g/mol. The molecule has 0 aromatic carbocycles. The highest BCUT2D eigenvalue weighted by Crippen LogP contribution is 2.26. The molecule has 1 aromatic heterocycles. The van der Waals surface area contributed by atoms with E-state index in [-0.39, 0.29) is 0 Å². The van der Waals surface area contributed by atoms with Crippen LogP contribution < -0.4 is 0 Å². The number of halogens is 1. The Morgan fingerprint density at radius 1 is 1.50 bits per heavy atom. The van der Waals surface area contributed by atoms with Crippen molar-refractivity contribution in [2.45, 2.75) is 31.0 Å². The van der Waals surface area contributed by atoms with Crippen LogP contribution in [0.25, 0.3) is 0 Å². The molecule has 0 radical (unpaired) electrons. The number of aryl methyl sites for hydroxylation is 1. The van der Waals surface area contributed by atoms with E-state index in [9.17, 15) is 0 Å². The molecule has 14 heavy (non-hydrogen) atoms. The molecule has 0 spiro atoms. The summed E-state index contributed by atoms with van der Waals surface area (Å²) in [5.41, 5.74) is 0. The first kappa shape index (κ1) is 12.5. The Balaban J connectivity index is 2.31. The van der Waals surface area contributed by atoms with Crippen molar-refractivity contribution in [3.05, 3.63) is 5.01 Å². The molecule has 0 aliphatic heterocycles. The maximum Gasteiger partial charge on any atom is 0.174 e. The fraction of sp³-hybridized carbons (Fsp3) is 0.778. The van der Waals surface area contributed by atoms with Gasteiger partial charge in [0.05, 0.1) is 0 Å². The normalized spacial score (nSPS) is 13.1. The van der Waals surface area contributed by atoms with E-state index < -0.39 is 0 Å². The second-order valence-electron chi connectivity index (χ2n) is 3.21. The summed E-state index contributed by atoms with van der Waals surface area (Å²) in [6, 6.07) is 0. The molecule has 5 heteroatoms. The molecule has 0 aliphatic carbocycles. The van der Waals surface area contributed by atoms with Crippen LogP contribution in [0.1, 0.15) is 24.8 Å². The van der Waals surface area contributed by atoms with E-state index in [1.54, 1.807) is 11.3 Å². The molecule has 0 bridgehead atoms. The average Bonchev–Trinajstić information content (AvgIpc) is 2.59. The molecule has 80 valence electrons. The summed E-state index contributed by atoms with van der Waals surface area (Å²) >= 11 is 7.06. The molecule has 0 N–H and O–H groups in total. The number of nitrogens with zero attached hydrogens (tertiary/aromatic N) is 2. The van der Waals surface area contributed by atoms with E-state index in [1.165, 1.54) is 12.8 Å². The number of thioether (sulfide) groups is 1. The average molecular weight is 295 g/mol. The van der Waals surface area contributed by atoms with Crippen LogP contribution in [0.3, 0.4) is 0 Å². The van der Waals surface area contributed by atoms with Crippen molar-refractivity contribution in [2.24, 2.45) is 5.92 Å². The van der Waals surface area contributed by atoms with Gasteiger partial charge in [-0.05, 0) is 19.3 Å². The fourth-order valence-electron chi connectivity index (χ4n) is 1.14. The maximum absolute atomic E-state index is 4.10. The van der Waals surface area contributed by atoms with Crippen molar-refractivity contribution in [1.82, 2.24) is 10.2 Å². The molecule has 0 saturated carbocycles. The van der Waals surface area contributed by atoms with Crippen LogP contribution in [0.2, 0.25) is 0 Å². The van der Waals surface area contributed by atoms with Gasteiger partial charge < -0.3 is 0 Å². The van der Waals surface area contributed by atoms with Gasteiger partial charge >= 0.3 is 0 Å². The Morgan fingerprint density at radius 3 is 2.79 bits per heavy atom. The summed E-state index contributed by atoms with van der Waals surface area (Å²) in [4.78, 5) is 0. The third-order valence-electron chi connectivity index (χ3n) is 1.87. The molecule has 1 aromatic rings. The smallest absolute Gasteiger partial charge is 0.143 e. The zero-order valence-electron chi connectivity index (χ0n) is 8.49. The molecule has 2 nitrogen and oxygen atoms in total. The summed E-state index contributed by atoms with van der Waals surface area (Å²) in [6.07, 6.45) is 2.54. The number of hydrogen-bond acceptors (Lipinski definition) is 4. The number of hydrogen-bond donors (Lipinski definition) is 0. The molecule has 1 atom stereocenters. The summed E-state index contributed by atoms with van der Waals surface area (Å²) in [7, 11) is 0. The van der Waals surface area contributed by atoms with E-state index in [4.69, 9.17) is 0 Å². The highest BCUT2D eigenvalue weighted by Gasteiger charge is 2.08. The first-order chi connectivity index (χ1) is 6.76. The lowest BCUT2D eigenvalue weighted by Gasteiger charge is -2.10. The van der Waals surface area contributed by atoms with E-state index in [1.807, 2.05) is 18.7 Å². The van der Waals surface area contributed by atoms with Gasteiger partial charge in [-0.1, -0.05) is 52.4 Å². The van der Waals surface area contributed by atoms with Crippen LogP contribution in [0, 0.1) is 12.8 Å². The summed E-state index contributed by atoms with van der Waals surface area (Å²) < 4.78 is 1.10. The third-order valence-corrected chi connectivity index (χ3v) is 4.98. The largest absolute Gasteiger partial charge is 0.174 e. The number of rotatable bonds is 6. The van der Waals surface area contributed by atoms with Gasteiger partial charge in [-0.15, -0.1) is 10.2 Å². The molecule has 1 rings (SSSR count). The van der Waals surface area contributed by atoms with Crippen molar-refractivity contribution in [2.75, 3.05) is 11.1 Å². The van der Waals surface area contributed by atoms with Crippen LogP contribution in [0.15, 0.2) is 4.34 Å². The molecule has 0 fully saturated rings. The van der Waals surface area contributed by atoms with E-state index in [0.29, 0.717) is 0 Å². The summed E-state index contributed by atoms with van der Waals surface area (Å²) in [5.74, 6) is 1.91. The molecule has 0 amide bonds. The minimum absolute atomic E-state index is 0.759. The molecular formula is C9H15BrN2S2. The van der Waals surface area contributed by atoms with Crippen LogP contribution in [-0.4, -0.2) is 21.3 Å². The van der Waals surface area contributed by atoms with Gasteiger partial charge in [-0.25, -0.2) is 0 Å². The lowest BCUT2D eigenvalue weighted by Crippen LogP contribution is -2.04. The third kappa shape index (κ3) is 4.28. The highest BCUT2D eigenvalue weighted by atomic mass is 79.9. The Bertz CT molecular complexity index is 265. The van der Waals surface area contributed by atoms with E-state index in [2.05, 4.69) is 33.1 Å². The predicted octanol–water partition coefficient (Wildman–Crippen LogP) is 3.75. The maximum atomic E-state index is 4.10.